The Hall–Kier alpha value is -1.30. The third-order valence-corrected chi connectivity index (χ3v) is 2.48. The molecule has 2 amide bonds. The molecule has 2 N–H and O–H groups in total. The smallest absolute Gasteiger partial charge is 0.317 e. The minimum Gasteiger partial charge on any atom is -0.481 e. The molecule has 2 atom stereocenters. The molecule has 2 unspecified atom stereocenters. The third-order valence-electron chi connectivity index (χ3n) is 2.48. The molecule has 0 saturated carbocycles. The van der Waals surface area contributed by atoms with E-state index >= 15 is 0 Å². The second-order valence-corrected chi connectivity index (χ2v) is 4.02. The first-order chi connectivity index (χ1) is 7.50. The van der Waals surface area contributed by atoms with Crippen LogP contribution in [0.4, 0.5) is 4.79 Å². The van der Waals surface area contributed by atoms with Gasteiger partial charge in [-0.15, -0.1) is 0 Å². The van der Waals surface area contributed by atoms with Gasteiger partial charge < -0.3 is 20.1 Å². The maximum atomic E-state index is 11.7. The van der Waals surface area contributed by atoms with Gasteiger partial charge in [-0.25, -0.2) is 4.79 Å². The summed E-state index contributed by atoms with van der Waals surface area (Å²) in [6.45, 7) is 5.03. The van der Waals surface area contributed by atoms with Crippen LogP contribution in [0.2, 0.25) is 0 Å². The Kier molecular flexibility index (Phi) is 4.54. The largest absolute Gasteiger partial charge is 0.481 e. The molecule has 1 heterocycles. The van der Waals surface area contributed by atoms with Gasteiger partial charge >= 0.3 is 12.0 Å². The summed E-state index contributed by atoms with van der Waals surface area (Å²) >= 11 is 0. The number of morpholine rings is 1. The third kappa shape index (κ3) is 3.69. The van der Waals surface area contributed by atoms with Crippen LogP contribution in [0.1, 0.15) is 20.3 Å². The number of nitrogens with one attached hydrogen (secondary N) is 1. The van der Waals surface area contributed by atoms with Gasteiger partial charge in [0.2, 0.25) is 0 Å². The Balaban J connectivity index is 2.36. The maximum absolute atomic E-state index is 11.7. The molecule has 0 spiro atoms. The lowest BCUT2D eigenvalue weighted by molar-refractivity contribution is -0.136. The lowest BCUT2D eigenvalue weighted by Crippen LogP contribution is -2.53. The second kappa shape index (κ2) is 5.69. The van der Waals surface area contributed by atoms with Gasteiger partial charge in [0.25, 0.3) is 0 Å². The van der Waals surface area contributed by atoms with Crippen molar-refractivity contribution in [1.82, 2.24) is 10.2 Å². The number of carbonyl (C=O) groups excluding carboxylic acids is 1. The minimum atomic E-state index is -0.913. The number of hydrogen-bond acceptors (Lipinski definition) is 3. The van der Waals surface area contributed by atoms with E-state index in [1.165, 1.54) is 0 Å². The molecule has 1 aliphatic heterocycles. The Morgan fingerprint density at radius 1 is 1.50 bits per heavy atom. The van der Waals surface area contributed by atoms with Gasteiger partial charge in [-0.05, 0) is 13.8 Å². The number of carbonyl (C=O) groups is 2. The first-order valence-corrected chi connectivity index (χ1v) is 5.38. The second-order valence-electron chi connectivity index (χ2n) is 4.02. The molecule has 1 saturated heterocycles. The van der Waals surface area contributed by atoms with Gasteiger partial charge in [-0.3, -0.25) is 4.79 Å². The molecule has 0 aromatic carbocycles. The van der Waals surface area contributed by atoms with Crippen molar-refractivity contribution in [2.24, 2.45) is 0 Å². The first-order valence-electron chi connectivity index (χ1n) is 5.38. The zero-order chi connectivity index (χ0) is 12.1. The maximum Gasteiger partial charge on any atom is 0.317 e. The summed E-state index contributed by atoms with van der Waals surface area (Å²) in [5, 5.41) is 11.0. The number of carboxylic acids is 1. The molecule has 0 radical (unpaired) electrons. The van der Waals surface area contributed by atoms with Crippen LogP contribution < -0.4 is 5.32 Å². The van der Waals surface area contributed by atoms with E-state index in [9.17, 15) is 9.59 Å². The molecule has 0 bridgehead atoms. The van der Waals surface area contributed by atoms with Crippen molar-refractivity contribution in [2.45, 2.75) is 32.4 Å². The molecule has 1 aliphatic rings. The van der Waals surface area contributed by atoms with Crippen LogP contribution in [-0.4, -0.2) is 53.8 Å². The number of rotatable bonds is 3. The summed E-state index contributed by atoms with van der Waals surface area (Å²) < 4.78 is 5.40. The highest BCUT2D eigenvalue weighted by molar-refractivity contribution is 5.75. The molecule has 6 nitrogen and oxygen atoms in total. The van der Waals surface area contributed by atoms with E-state index in [1.54, 1.807) is 4.90 Å². The van der Waals surface area contributed by atoms with E-state index in [4.69, 9.17) is 9.84 Å². The summed E-state index contributed by atoms with van der Waals surface area (Å²) in [5.74, 6) is -0.913. The van der Waals surface area contributed by atoms with Crippen molar-refractivity contribution in [3.8, 4) is 0 Å². The quantitative estimate of drug-likeness (QED) is 0.730. The normalized spacial score (nSPS) is 25.2. The fraction of sp³-hybridized carbons (Fsp3) is 0.800. The highest BCUT2D eigenvalue weighted by Crippen LogP contribution is 2.10. The molecule has 1 rings (SSSR count). The molecule has 92 valence electrons. The van der Waals surface area contributed by atoms with Crippen molar-refractivity contribution in [1.29, 1.82) is 0 Å². The average molecular weight is 230 g/mol. The number of ether oxygens (including phenoxy) is 1. The van der Waals surface area contributed by atoms with Crippen molar-refractivity contribution in [3.63, 3.8) is 0 Å². The van der Waals surface area contributed by atoms with Gasteiger partial charge in [0.15, 0.2) is 0 Å². The zero-order valence-corrected chi connectivity index (χ0v) is 9.60. The summed E-state index contributed by atoms with van der Waals surface area (Å²) in [4.78, 5) is 23.7. The monoisotopic (exact) mass is 230 g/mol. The zero-order valence-electron chi connectivity index (χ0n) is 9.60. The molecular formula is C10H18N2O4. The molecular weight excluding hydrogens is 212 g/mol. The van der Waals surface area contributed by atoms with Crippen LogP contribution in [0.25, 0.3) is 0 Å². The van der Waals surface area contributed by atoms with E-state index in [0.29, 0.717) is 13.2 Å². The number of carboxylic acid groups (broad SMARTS) is 1. The van der Waals surface area contributed by atoms with Crippen molar-refractivity contribution >= 4 is 12.0 Å². The number of nitrogens with zero attached hydrogens (tertiary/aromatic N) is 1. The van der Waals surface area contributed by atoms with E-state index in [0.717, 1.165) is 0 Å². The highest BCUT2D eigenvalue weighted by atomic mass is 16.5. The van der Waals surface area contributed by atoms with E-state index < -0.39 is 5.97 Å². The van der Waals surface area contributed by atoms with Gasteiger partial charge in [0.05, 0.1) is 25.2 Å². The number of hydrogen-bond donors (Lipinski definition) is 2. The predicted octanol–water partition coefficient (Wildman–Crippen LogP) is 0.280. The Labute approximate surface area is 94.6 Å². The molecule has 0 aromatic heterocycles. The Morgan fingerprint density at radius 2 is 2.19 bits per heavy atom. The average Bonchev–Trinajstić information content (AvgIpc) is 2.21. The highest BCUT2D eigenvalue weighted by Gasteiger charge is 2.27. The fourth-order valence-electron chi connectivity index (χ4n) is 1.56. The number of aliphatic carboxylic acids is 1. The molecule has 0 aromatic rings. The molecule has 0 aliphatic carbocycles. The van der Waals surface area contributed by atoms with Crippen LogP contribution >= 0.6 is 0 Å². The van der Waals surface area contributed by atoms with E-state index in [-0.39, 0.29) is 31.1 Å². The fourth-order valence-corrected chi connectivity index (χ4v) is 1.56. The van der Waals surface area contributed by atoms with Gasteiger partial charge in [0, 0.05) is 13.1 Å². The van der Waals surface area contributed by atoms with Crippen LogP contribution in [0, 0.1) is 0 Å². The van der Waals surface area contributed by atoms with Crippen LogP contribution in [0.15, 0.2) is 0 Å². The predicted molar refractivity (Wildman–Crippen MR) is 57.2 cm³/mol. The molecule has 16 heavy (non-hydrogen) atoms. The Morgan fingerprint density at radius 3 is 2.81 bits per heavy atom. The lowest BCUT2D eigenvalue weighted by Gasteiger charge is -2.36. The lowest BCUT2D eigenvalue weighted by atomic mass is 10.2. The van der Waals surface area contributed by atoms with Crippen molar-refractivity contribution in [3.05, 3.63) is 0 Å². The summed E-state index contributed by atoms with van der Waals surface area (Å²) in [5.41, 5.74) is 0. The number of urea groups is 1. The topological polar surface area (TPSA) is 78.9 Å². The van der Waals surface area contributed by atoms with Gasteiger partial charge in [-0.2, -0.15) is 0 Å². The van der Waals surface area contributed by atoms with Gasteiger partial charge in [0.1, 0.15) is 0 Å². The summed E-state index contributed by atoms with van der Waals surface area (Å²) in [6, 6.07) is -0.190. The standard InChI is InChI=1S/C10H18N2O4/c1-7-6-16-8(2)5-12(7)10(15)11-4-3-9(13)14/h7-8H,3-6H2,1-2H3,(H,11,15)(H,13,14). The first kappa shape index (κ1) is 12.8. The summed E-state index contributed by atoms with van der Waals surface area (Å²) in [7, 11) is 0. The van der Waals surface area contributed by atoms with Crippen molar-refractivity contribution in [2.75, 3.05) is 19.7 Å². The van der Waals surface area contributed by atoms with E-state index in [2.05, 4.69) is 5.32 Å². The van der Waals surface area contributed by atoms with Gasteiger partial charge in [-0.1, -0.05) is 0 Å². The number of amides is 2. The van der Waals surface area contributed by atoms with Crippen LogP contribution in [0.3, 0.4) is 0 Å². The van der Waals surface area contributed by atoms with Crippen LogP contribution in [-0.2, 0) is 9.53 Å². The van der Waals surface area contributed by atoms with Crippen LogP contribution in [0.5, 0.6) is 0 Å². The summed E-state index contributed by atoms with van der Waals surface area (Å²) in [6.07, 6.45) is -0.0264. The molecule has 6 heteroatoms. The minimum absolute atomic E-state index is 0.0287. The van der Waals surface area contributed by atoms with Crippen molar-refractivity contribution < 1.29 is 19.4 Å². The Bertz CT molecular complexity index is 270. The van der Waals surface area contributed by atoms with E-state index in [1.807, 2.05) is 13.8 Å². The SMILES string of the molecule is CC1CN(C(=O)NCCC(=O)O)C(C)CO1. The molecule has 1 fully saturated rings.